The van der Waals surface area contributed by atoms with Crippen LogP contribution < -0.4 is 10.1 Å². The van der Waals surface area contributed by atoms with Gasteiger partial charge in [-0.3, -0.25) is 9.89 Å². The quantitative estimate of drug-likeness (QED) is 0.682. The van der Waals surface area contributed by atoms with Gasteiger partial charge in [-0.1, -0.05) is 48.0 Å². The van der Waals surface area contributed by atoms with Crippen LogP contribution in [0, 0.1) is 0 Å². The van der Waals surface area contributed by atoms with E-state index in [-0.39, 0.29) is 18.9 Å². The van der Waals surface area contributed by atoms with Gasteiger partial charge in [-0.05, 0) is 23.8 Å². The Bertz CT molecular complexity index is 836. The summed E-state index contributed by atoms with van der Waals surface area (Å²) >= 11 is 6.06. The molecule has 25 heavy (non-hydrogen) atoms. The molecule has 0 bridgehead atoms. The van der Waals surface area contributed by atoms with E-state index in [0.717, 1.165) is 11.3 Å². The van der Waals surface area contributed by atoms with E-state index in [2.05, 4.69) is 20.5 Å². The highest BCUT2D eigenvalue weighted by Gasteiger charge is 2.10. The number of rotatable bonds is 7. The second-order valence-electron chi connectivity index (χ2n) is 5.34. The summed E-state index contributed by atoms with van der Waals surface area (Å²) in [4.78, 5) is 16.3. The van der Waals surface area contributed by atoms with Crippen molar-refractivity contribution in [3.8, 4) is 5.75 Å². The predicted molar refractivity (Wildman–Crippen MR) is 94.2 cm³/mol. The van der Waals surface area contributed by atoms with Crippen molar-refractivity contribution in [1.29, 1.82) is 0 Å². The van der Waals surface area contributed by atoms with Gasteiger partial charge in [0.05, 0.1) is 6.42 Å². The summed E-state index contributed by atoms with van der Waals surface area (Å²) in [5.74, 6) is 1.56. The smallest absolute Gasteiger partial charge is 0.228 e. The van der Waals surface area contributed by atoms with E-state index >= 15 is 0 Å². The standard InChI is InChI=1S/C18H17ClN4O2/c19-15-9-5-4-6-13(15)11-20-18(24)10-16-21-17(23-22-16)12-25-14-7-2-1-3-8-14/h1-9H,10-12H2,(H,20,24)(H,21,22,23). The van der Waals surface area contributed by atoms with Gasteiger partial charge in [0.25, 0.3) is 0 Å². The normalized spacial score (nSPS) is 10.4. The molecule has 0 saturated carbocycles. The van der Waals surface area contributed by atoms with E-state index in [9.17, 15) is 4.79 Å². The third-order valence-corrected chi connectivity index (χ3v) is 3.82. The van der Waals surface area contributed by atoms with Crippen LogP contribution in [-0.2, 0) is 24.4 Å². The maximum absolute atomic E-state index is 12.0. The average Bonchev–Trinajstić information content (AvgIpc) is 3.07. The zero-order valence-electron chi connectivity index (χ0n) is 13.4. The Morgan fingerprint density at radius 3 is 2.68 bits per heavy atom. The second kappa shape index (κ2) is 8.30. The van der Waals surface area contributed by atoms with Crippen molar-refractivity contribution in [2.75, 3.05) is 0 Å². The van der Waals surface area contributed by atoms with Gasteiger partial charge < -0.3 is 10.1 Å². The van der Waals surface area contributed by atoms with Crippen LogP contribution in [0.25, 0.3) is 0 Å². The van der Waals surface area contributed by atoms with Crippen LogP contribution in [0.2, 0.25) is 5.02 Å². The number of H-pyrrole nitrogens is 1. The van der Waals surface area contributed by atoms with Crippen molar-refractivity contribution in [1.82, 2.24) is 20.5 Å². The topological polar surface area (TPSA) is 79.9 Å². The molecule has 0 spiro atoms. The minimum absolute atomic E-state index is 0.0896. The van der Waals surface area contributed by atoms with Crippen LogP contribution in [0.4, 0.5) is 0 Å². The maximum atomic E-state index is 12.0. The molecule has 1 aromatic heterocycles. The summed E-state index contributed by atoms with van der Waals surface area (Å²) in [5, 5.41) is 10.2. The molecule has 1 heterocycles. The number of halogens is 1. The van der Waals surface area contributed by atoms with E-state index in [4.69, 9.17) is 16.3 Å². The highest BCUT2D eigenvalue weighted by atomic mass is 35.5. The Balaban J connectivity index is 1.47. The third-order valence-electron chi connectivity index (χ3n) is 3.45. The van der Waals surface area contributed by atoms with E-state index in [0.29, 0.717) is 23.2 Å². The number of carbonyl (C=O) groups is 1. The molecule has 1 amide bonds. The first-order chi connectivity index (χ1) is 12.2. The molecule has 0 aliphatic rings. The zero-order valence-corrected chi connectivity index (χ0v) is 14.2. The van der Waals surface area contributed by atoms with Crippen molar-refractivity contribution >= 4 is 17.5 Å². The molecule has 0 radical (unpaired) electrons. The lowest BCUT2D eigenvalue weighted by molar-refractivity contribution is -0.120. The van der Waals surface area contributed by atoms with E-state index in [1.165, 1.54) is 0 Å². The molecule has 128 valence electrons. The minimum atomic E-state index is -0.172. The summed E-state index contributed by atoms with van der Waals surface area (Å²) in [7, 11) is 0. The SMILES string of the molecule is O=C(Cc1n[nH]c(COc2ccccc2)n1)NCc1ccccc1Cl. The summed E-state index contributed by atoms with van der Waals surface area (Å²) in [6, 6.07) is 16.8. The highest BCUT2D eigenvalue weighted by Crippen LogP contribution is 2.14. The van der Waals surface area contributed by atoms with E-state index in [1.54, 1.807) is 6.07 Å². The van der Waals surface area contributed by atoms with Gasteiger partial charge in [-0.15, -0.1) is 0 Å². The molecule has 3 rings (SSSR count). The molecular weight excluding hydrogens is 340 g/mol. The largest absolute Gasteiger partial charge is 0.486 e. The van der Waals surface area contributed by atoms with Gasteiger partial charge in [0.2, 0.25) is 5.91 Å². The average molecular weight is 357 g/mol. The Kier molecular flexibility index (Phi) is 5.64. The maximum Gasteiger partial charge on any atom is 0.228 e. The molecule has 0 fully saturated rings. The number of amides is 1. The first-order valence-electron chi connectivity index (χ1n) is 7.79. The van der Waals surface area contributed by atoms with Crippen LogP contribution in [0.15, 0.2) is 54.6 Å². The molecule has 2 N–H and O–H groups in total. The molecule has 2 aromatic carbocycles. The van der Waals surface area contributed by atoms with Gasteiger partial charge in [0.15, 0.2) is 11.6 Å². The number of hydrogen-bond donors (Lipinski definition) is 2. The summed E-state index contributed by atoms with van der Waals surface area (Å²) in [6.07, 6.45) is 0.0896. The lowest BCUT2D eigenvalue weighted by Crippen LogP contribution is -2.25. The van der Waals surface area contributed by atoms with E-state index in [1.807, 2.05) is 48.5 Å². The number of hydrogen-bond acceptors (Lipinski definition) is 4. The van der Waals surface area contributed by atoms with Gasteiger partial charge in [-0.2, -0.15) is 5.10 Å². The molecule has 0 saturated heterocycles. The molecule has 6 nitrogen and oxygen atoms in total. The van der Waals surface area contributed by atoms with Crippen molar-refractivity contribution in [3.63, 3.8) is 0 Å². The van der Waals surface area contributed by atoms with Crippen molar-refractivity contribution in [2.45, 2.75) is 19.6 Å². The lowest BCUT2D eigenvalue weighted by Gasteiger charge is -2.05. The summed E-state index contributed by atoms with van der Waals surface area (Å²) in [6.45, 7) is 0.630. The fourth-order valence-corrected chi connectivity index (χ4v) is 2.39. The number of benzene rings is 2. The molecule has 0 aliphatic heterocycles. The number of nitrogens with zero attached hydrogens (tertiary/aromatic N) is 2. The molecule has 0 aliphatic carbocycles. The van der Waals surface area contributed by atoms with Crippen LogP contribution >= 0.6 is 11.6 Å². The minimum Gasteiger partial charge on any atom is -0.486 e. The monoisotopic (exact) mass is 356 g/mol. The number of para-hydroxylation sites is 1. The lowest BCUT2D eigenvalue weighted by atomic mass is 10.2. The van der Waals surface area contributed by atoms with Gasteiger partial charge in [0, 0.05) is 11.6 Å². The number of aromatic nitrogens is 3. The van der Waals surface area contributed by atoms with Crippen LogP contribution in [0.3, 0.4) is 0 Å². The predicted octanol–water partition coefficient (Wildman–Crippen LogP) is 2.90. The van der Waals surface area contributed by atoms with Crippen molar-refractivity contribution < 1.29 is 9.53 Å². The molecule has 0 unspecified atom stereocenters. The number of nitrogens with one attached hydrogen (secondary N) is 2. The second-order valence-corrected chi connectivity index (χ2v) is 5.75. The molecular formula is C18H17ClN4O2. The van der Waals surface area contributed by atoms with E-state index < -0.39 is 0 Å². The van der Waals surface area contributed by atoms with Crippen molar-refractivity contribution in [3.05, 3.63) is 76.8 Å². The van der Waals surface area contributed by atoms with Gasteiger partial charge in [0.1, 0.15) is 12.4 Å². The first-order valence-corrected chi connectivity index (χ1v) is 8.16. The number of aromatic amines is 1. The van der Waals surface area contributed by atoms with Gasteiger partial charge >= 0.3 is 0 Å². The fraction of sp³-hybridized carbons (Fsp3) is 0.167. The number of ether oxygens (including phenoxy) is 1. The number of carbonyl (C=O) groups excluding carboxylic acids is 1. The Labute approximate surface area is 150 Å². The zero-order chi connectivity index (χ0) is 17.5. The van der Waals surface area contributed by atoms with Crippen LogP contribution in [-0.4, -0.2) is 21.1 Å². The molecule has 0 atom stereocenters. The van der Waals surface area contributed by atoms with Gasteiger partial charge in [-0.25, -0.2) is 4.98 Å². The van der Waals surface area contributed by atoms with Crippen molar-refractivity contribution in [2.24, 2.45) is 0 Å². The Morgan fingerprint density at radius 2 is 1.88 bits per heavy atom. The summed E-state index contributed by atoms with van der Waals surface area (Å²) < 4.78 is 5.58. The van der Waals surface area contributed by atoms with Crippen LogP contribution in [0.1, 0.15) is 17.2 Å². The third kappa shape index (κ3) is 5.06. The summed E-state index contributed by atoms with van der Waals surface area (Å²) in [5.41, 5.74) is 0.865. The first kappa shape index (κ1) is 17.0. The Hall–Kier alpha value is -2.86. The Morgan fingerprint density at radius 1 is 1.12 bits per heavy atom. The van der Waals surface area contributed by atoms with Crippen LogP contribution in [0.5, 0.6) is 5.75 Å². The highest BCUT2D eigenvalue weighted by molar-refractivity contribution is 6.31. The molecule has 3 aromatic rings. The fourth-order valence-electron chi connectivity index (χ4n) is 2.19. The molecule has 7 heteroatoms.